The molecule has 2 aromatic carbocycles. The van der Waals surface area contributed by atoms with E-state index in [1.807, 2.05) is 24.3 Å². The Labute approximate surface area is 178 Å². The second-order valence-electron chi connectivity index (χ2n) is 7.54. The zero-order valence-electron chi connectivity index (χ0n) is 17.2. The van der Waals surface area contributed by atoms with Crippen LogP contribution >= 0.6 is 0 Å². The summed E-state index contributed by atoms with van der Waals surface area (Å²) in [5, 5.41) is 0. The van der Waals surface area contributed by atoms with Crippen molar-refractivity contribution in [3.05, 3.63) is 48.0 Å². The maximum absolute atomic E-state index is 13.0. The van der Waals surface area contributed by atoms with Gasteiger partial charge in [-0.1, -0.05) is 18.6 Å². The van der Waals surface area contributed by atoms with Gasteiger partial charge in [-0.25, -0.2) is 13.1 Å². The zero-order chi connectivity index (χ0) is 21.0. The molecule has 162 valence electrons. The molecule has 0 aromatic heterocycles. The summed E-state index contributed by atoms with van der Waals surface area (Å²) in [6.45, 7) is 3.10. The first-order valence-corrected chi connectivity index (χ1v) is 11.8. The summed E-state index contributed by atoms with van der Waals surface area (Å²) >= 11 is 0. The normalized spacial score (nSPS) is 18.0. The Morgan fingerprint density at radius 2 is 1.70 bits per heavy atom. The van der Waals surface area contributed by atoms with Gasteiger partial charge in [0.15, 0.2) is 11.5 Å². The molecule has 7 nitrogen and oxygen atoms in total. The molecule has 2 aromatic rings. The van der Waals surface area contributed by atoms with Crippen molar-refractivity contribution in [1.29, 1.82) is 0 Å². The number of piperidine rings is 1. The van der Waals surface area contributed by atoms with E-state index in [0.717, 1.165) is 37.2 Å². The van der Waals surface area contributed by atoms with E-state index in [4.69, 9.17) is 14.2 Å². The molecule has 0 saturated carbocycles. The highest BCUT2D eigenvalue weighted by Crippen LogP contribution is 2.32. The molecule has 30 heavy (non-hydrogen) atoms. The van der Waals surface area contributed by atoms with E-state index in [9.17, 15) is 8.42 Å². The first-order valence-electron chi connectivity index (χ1n) is 10.3. The van der Waals surface area contributed by atoms with Crippen LogP contribution in [0.25, 0.3) is 0 Å². The Hall–Kier alpha value is -2.29. The minimum absolute atomic E-state index is 0.0387. The first-order chi connectivity index (χ1) is 14.6. The average molecular weight is 433 g/mol. The van der Waals surface area contributed by atoms with Crippen molar-refractivity contribution < 1.29 is 22.6 Å². The van der Waals surface area contributed by atoms with E-state index in [2.05, 4.69) is 9.62 Å². The Morgan fingerprint density at radius 1 is 1.00 bits per heavy atom. The van der Waals surface area contributed by atoms with Crippen LogP contribution in [0.3, 0.4) is 0 Å². The van der Waals surface area contributed by atoms with Gasteiger partial charge >= 0.3 is 0 Å². The number of likely N-dealkylation sites (tertiary alicyclic amines) is 1. The second-order valence-corrected chi connectivity index (χ2v) is 9.31. The van der Waals surface area contributed by atoms with Crippen molar-refractivity contribution in [3.63, 3.8) is 0 Å². The van der Waals surface area contributed by atoms with Crippen molar-refractivity contribution >= 4 is 10.0 Å². The molecule has 2 aliphatic rings. The highest BCUT2D eigenvalue weighted by atomic mass is 32.2. The molecule has 1 fully saturated rings. The third-order valence-corrected chi connectivity index (χ3v) is 7.04. The number of nitrogens with zero attached hydrogens (tertiary/aromatic N) is 1. The Kier molecular flexibility index (Phi) is 6.46. The van der Waals surface area contributed by atoms with E-state index in [-0.39, 0.29) is 10.9 Å². The number of fused-ring (bicyclic) bond motifs is 1. The predicted octanol–water partition coefficient (Wildman–Crippen LogP) is 2.97. The number of hydrogen-bond donors (Lipinski definition) is 1. The van der Waals surface area contributed by atoms with Crippen LogP contribution in [0.15, 0.2) is 47.4 Å². The van der Waals surface area contributed by atoms with Crippen molar-refractivity contribution in [1.82, 2.24) is 9.62 Å². The number of benzene rings is 2. The molecule has 0 radical (unpaired) electrons. The molecular formula is C22H28N2O5S. The van der Waals surface area contributed by atoms with Gasteiger partial charge in [-0.2, -0.15) is 0 Å². The molecule has 0 aliphatic carbocycles. The highest BCUT2D eigenvalue weighted by molar-refractivity contribution is 7.89. The summed E-state index contributed by atoms with van der Waals surface area (Å²) < 4.78 is 45.1. The lowest BCUT2D eigenvalue weighted by Crippen LogP contribution is -2.40. The van der Waals surface area contributed by atoms with Crippen LogP contribution in [0.2, 0.25) is 0 Å². The molecule has 0 spiro atoms. The third kappa shape index (κ3) is 4.71. The van der Waals surface area contributed by atoms with Gasteiger partial charge < -0.3 is 14.2 Å². The molecule has 2 heterocycles. The lowest BCUT2D eigenvalue weighted by atomic mass is 10.0. The van der Waals surface area contributed by atoms with E-state index in [1.165, 1.54) is 12.5 Å². The van der Waals surface area contributed by atoms with Gasteiger partial charge in [0.2, 0.25) is 10.0 Å². The minimum Gasteiger partial charge on any atom is -0.497 e. The fraction of sp³-hybridized carbons (Fsp3) is 0.455. The van der Waals surface area contributed by atoms with Crippen molar-refractivity contribution in [2.24, 2.45) is 0 Å². The van der Waals surface area contributed by atoms with Gasteiger partial charge in [0.05, 0.1) is 12.0 Å². The first kappa shape index (κ1) is 21.0. The zero-order valence-corrected chi connectivity index (χ0v) is 18.0. The molecule has 2 aliphatic heterocycles. The fourth-order valence-electron chi connectivity index (χ4n) is 3.98. The summed E-state index contributed by atoms with van der Waals surface area (Å²) in [4.78, 5) is 2.54. The van der Waals surface area contributed by atoms with Gasteiger partial charge in [0.25, 0.3) is 0 Å². The van der Waals surface area contributed by atoms with Crippen LogP contribution in [-0.2, 0) is 10.0 Å². The molecule has 1 saturated heterocycles. The molecule has 1 atom stereocenters. The van der Waals surface area contributed by atoms with Crippen LogP contribution in [0.1, 0.15) is 30.9 Å². The van der Waals surface area contributed by atoms with Gasteiger partial charge in [-0.15, -0.1) is 0 Å². The summed E-state index contributed by atoms with van der Waals surface area (Å²) in [5.41, 5.74) is 1.07. The van der Waals surface area contributed by atoms with Gasteiger partial charge in [0.1, 0.15) is 19.0 Å². The molecule has 4 rings (SSSR count). The van der Waals surface area contributed by atoms with Crippen LogP contribution in [0, 0.1) is 0 Å². The largest absolute Gasteiger partial charge is 0.497 e. The van der Waals surface area contributed by atoms with Gasteiger partial charge in [0, 0.05) is 18.7 Å². The van der Waals surface area contributed by atoms with E-state index in [1.54, 1.807) is 19.2 Å². The number of hydrogen-bond acceptors (Lipinski definition) is 6. The molecule has 0 bridgehead atoms. The molecule has 0 unspecified atom stereocenters. The third-order valence-electron chi connectivity index (χ3n) is 5.62. The maximum atomic E-state index is 13.0. The highest BCUT2D eigenvalue weighted by Gasteiger charge is 2.26. The Balaban J connectivity index is 1.53. The summed E-state index contributed by atoms with van der Waals surface area (Å²) in [6, 6.07) is 12.5. The average Bonchev–Trinajstić information content (AvgIpc) is 2.80. The van der Waals surface area contributed by atoms with Gasteiger partial charge in [-0.3, -0.25) is 4.90 Å². The van der Waals surface area contributed by atoms with E-state index in [0.29, 0.717) is 31.3 Å². The molecule has 8 heteroatoms. The van der Waals surface area contributed by atoms with Crippen LogP contribution in [0.5, 0.6) is 17.2 Å². The van der Waals surface area contributed by atoms with Crippen LogP contribution in [0.4, 0.5) is 0 Å². The standard InChI is InChI=1S/C22H28N2O5S/c1-27-18-7-5-17(6-8-18)20(24-11-3-2-4-12-24)16-23-30(25,26)19-9-10-21-22(15-19)29-14-13-28-21/h5-10,15,20,23H,2-4,11-14,16H2,1H3/t20-/m0/s1. The van der Waals surface area contributed by atoms with E-state index >= 15 is 0 Å². The lowest BCUT2D eigenvalue weighted by molar-refractivity contribution is 0.164. The molecule has 1 N–H and O–H groups in total. The van der Waals surface area contributed by atoms with Crippen molar-refractivity contribution in [3.8, 4) is 17.2 Å². The van der Waals surface area contributed by atoms with Crippen molar-refractivity contribution in [2.45, 2.75) is 30.2 Å². The topological polar surface area (TPSA) is 77.1 Å². The molecule has 0 amide bonds. The van der Waals surface area contributed by atoms with Crippen LogP contribution < -0.4 is 18.9 Å². The van der Waals surface area contributed by atoms with Crippen LogP contribution in [-0.4, -0.2) is 53.3 Å². The lowest BCUT2D eigenvalue weighted by Gasteiger charge is -2.35. The summed E-state index contributed by atoms with van der Waals surface area (Å²) in [5.74, 6) is 1.82. The summed E-state index contributed by atoms with van der Waals surface area (Å²) in [6.07, 6.45) is 3.47. The number of nitrogens with one attached hydrogen (secondary N) is 1. The summed E-state index contributed by atoms with van der Waals surface area (Å²) in [7, 11) is -2.05. The predicted molar refractivity (Wildman–Crippen MR) is 114 cm³/mol. The Bertz CT molecular complexity index is 956. The number of rotatable bonds is 7. The maximum Gasteiger partial charge on any atom is 0.240 e. The smallest absolute Gasteiger partial charge is 0.240 e. The monoisotopic (exact) mass is 432 g/mol. The van der Waals surface area contributed by atoms with E-state index < -0.39 is 10.0 Å². The number of methoxy groups -OCH3 is 1. The SMILES string of the molecule is COc1ccc([C@H](CNS(=O)(=O)c2ccc3c(c2)OCCO3)N2CCCCC2)cc1. The minimum atomic E-state index is -3.69. The van der Waals surface area contributed by atoms with Crippen molar-refractivity contribution in [2.75, 3.05) is 40.0 Å². The quantitative estimate of drug-likeness (QED) is 0.725. The number of ether oxygens (including phenoxy) is 3. The second kappa shape index (κ2) is 9.24. The van der Waals surface area contributed by atoms with Gasteiger partial charge in [-0.05, 0) is 55.8 Å². The number of sulfonamides is 1. The Morgan fingerprint density at radius 3 is 2.40 bits per heavy atom. The molecular weight excluding hydrogens is 404 g/mol. The fourth-order valence-corrected chi connectivity index (χ4v) is 5.03.